The van der Waals surface area contributed by atoms with Crippen LogP contribution in [-0.2, 0) is 10.5 Å². The first-order valence-electron chi connectivity index (χ1n) is 11.2. The van der Waals surface area contributed by atoms with Crippen LogP contribution in [-0.4, -0.2) is 48.1 Å². The zero-order valence-electron chi connectivity index (χ0n) is 18.5. The van der Waals surface area contributed by atoms with Crippen LogP contribution >= 0.6 is 27.5 Å². The molecule has 2 aliphatic heterocycles. The van der Waals surface area contributed by atoms with E-state index in [0.717, 1.165) is 31.0 Å². The largest absolute Gasteiger partial charge is 0.359 e. The molecule has 4 rings (SSSR count). The van der Waals surface area contributed by atoms with Gasteiger partial charge in [0.05, 0.1) is 5.69 Å². The molecular formula is C24H28BrClN4O3. The minimum Gasteiger partial charge on any atom is -0.359 e. The number of piperidine rings is 1. The maximum absolute atomic E-state index is 13.5. The number of hydrogen-bond donors (Lipinski definition) is 3. The van der Waals surface area contributed by atoms with E-state index in [9.17, 15) is 14.7 Å². The van der Waals surface area contributed by atoms with Crippen molar-refractivity contribution in [3.8, 4) is 0 Å². The number of aliphatic hydroxyl groups is 1. The highest BCUT2D eigenvalue weighted by atomic mass is 79.9. The molecule has 7 nitrogen and oxygen atoms in total. The van der Waals surface area contributed by atoms with Crippen LogP contribution in [0.3, 0.4) is 0 Å². The van der Waals surface area contributed by atoms with E-state index in [1.807, 2.05) is 0 Å². The Morgan fingerprint density at radius 3 is 2.79 bits per heavy atom. The molecule has 2 heterocycles. The lowest BCUT2D eigenvalue weighted by atomic mass is 9.94. The summed E-state index contributed by atoms with van der Waals surface area (Å²) in [5, 5.41) is 17.9. The van der Waals surface area contributed by atoms with Gasteiger partial charge in [-0.25, -0.2) is 4.79 Å². The van der Waals surface area contributed by atoms with Crippen molar-refractivity contribution in [2.45, 2.75) is 31.9 Å². The molecular weight excluding hydrogens is 508 g/mol. The van der Waals surface area contributed by atoms with Gasteiger partial charge in [-0.3, -0.25) is 9.69 Å². The van der Waals surface area contributed by atoms with Gasteiger partial charge in [0, 0.05) is 33.8 Å². The molecule has 1 fully saturated rings. The van der Waals surface area contributed by atoms with E-state index < -0.39 is 17.7 Å². The predicted molar refractivity (Wildman–Crippen MR) is 133 cm³/mol. The smallest absolute Gasteiger partial charge is 0.329 e. The van der Waals surface area contributed by atoms with Gasteiger partial charge in [-0.15, -0.1) is 0 Å². The predicted octanol–water partition coefficient (Wildman–Crippen LogP) is 4.54. The van der Waals surface area contributed by atoms with E-state index >= 15 is 0 Å². The van der Waals surface area contributed by atoms with Gasteiger partial charge >= 0.3 is 6.03 Å². The van der Waals surface area contributed by atoms with Gasteiger partial charge in [-0.1, -0.05) is 34.5 Å². The van der Waals surface area contributed by atoms with E-state index in [1.54, 1.807) is 42.5 Å². The maximum atomic E-state index is 13.5. The topological polar surface area (TPSA) is 84.9 Å². The number of benzene rings is 2. The van der Waals surface area contributed by atoms with Crippen LogP contribution in [0.25, 0.3) is 0 Å². The highest BCUT2D eigenvalue weighted by molar-refractivity contribution is 9.10. The van der Waals surface area contributed by atoms with Crippen LogP contribution in [0.5, 0.6) is 0 Å². The monoisotopic (exact) mass is 534 g/mol. The van der Waals surface area contributed by atoms with Crippen molar-refractivity contribution in [2.24, 2.45) is 5.92 Å². The standard InChI is InChI=1S/C24H28BrClN4O3/c1-16-4-2-12-29(15-16)13-3-11-27-22(31)24(33)20-14-17(25)5-10-21(20)28-23(32)30(24)19-8-6-18(26)7-9-19/h5-10,14,16,33H,2-4,11-13,15H2,1H3,(H,27,31)(H,28,32)/t16-,24-/m0/s1. The Morgan fingerprint density at radius 1 is 1.30 bits per heavy atom. The number of hydrogen-bond acceptors (Lipinski definition) is 4. The number of anilines is 2. The number of halogens is 2. The van der Waals surface area contributed by atoms with Gasteiger partial charge in [-0.2, -0.15) is 0 Å². The molecule has 2 aromatic rings. The Hall–Kier alpha value is -2.13. The fraction of sp³-hybridized carbons (Fsp3) is 0.417. The lowest BCUT2D eigenvalue weighted by Crippen LogP contribution is -2.62. The van der Waals surface area contributed by atoms with Crippen molar-refractivity contribution in [1.82, 2.24) is 10.2 Å². The molecule has 0 spiro atoms. The molecule has 0 aliphatic carbocycles. The van der Waals surface area contributed by atoms with E-state index in [4.69, 9.17) is 11.6 Å². The van der Waals surface area contributed by atoms with E-state index in [0.29, 0.717) is 33.3 Å². The first kappa shape index (κ1) is 24.0. The number of carbonyl (C=O) groups excluding carboxylic acids is 2. The van der Waals surface area contributed by atoms with Crippen molar-refractivity contribution in [2.75, 3.05) is 36.4 Å². The molecule has 0 aromatic heterocycles. The molecule has 0 bridgehead atoms. The van der Waals surface area contributed by atoms with E-state index in [-0.39, 0.29) is 5.56 Å². The number of carbonyl (C=O) groups is 2. The van der Waals surface area contributed by atoms with Gasteiger partial charge in [0.1, 0.15) is 0 Å². The summed E-state index contributed by atoms with van der Waals surface area (Å²) in [5.74, 6) is 0.0383. The number of amides is 3. The molecule has 1 saturated heterocycles. The third kappa shape index (κ3) is 5.04. The summed E-state index contributed by atoms with van der Waals surface area (Å²) in [5.41, 5.74) is -1.21. The highest BCUT2D eigenvalue weighted by Gasteiger charge is 2.52. The third-order valence-electron chi connectivity index (χ3n) is 6.20. The lowest BCUT2D eigenvalue weighted by molar-refractivity contribution is -0.140. The molecule has 9 heteroatoms. The summed E-state index contributed by atoms with van der Waals surface area (Å²) in [6.07, 6.45) is 3.22. The van der Waals surface area contributed by atoms with E-state index in [2.05, 4.69) is 38.4 Å². The van der Waals surface area contributed by atoms with Crippen molar-refractivity contribution in [3.63, 3.8) is 0 Å². The summed E-state index contributed by atoms with van der Waals surface area (Å²) in [7, 11) is 0. The molecule has 2 aliphatic rings. The fourth-order valence-electron chi connectivity index (χ4n) is 4.59. The molecule has 3 amide bonds. The van der Waals surface area contributed by atoms with Crippen LogP contribution < -0.4 is 15.5 Å². The maximum Gasteiger partial charge on any atom is 0.329 e. The van der Waals surface area contributed by atoms with Gasteiger partial charge < -0.3 is 20.6 Å². The Balaban J connectivity index is 1.57. The Labute approximate surface area is 207 Å². The number of nitrogens with zero attached hydrogens (tertiary/aromatic N) is 2. The zero-order chi connectivity index (χ0) is 23.6. The fourth-order valence-corrected chi connectivity index (χ4v) is 5.08. The minimum atomic E-state index is -2.23. The van der Waals surface area contributed by atoms with Gasteiger partial charge in [0.15, 0.2) is 0 Å². The molecule has 0 radical (unpaired) electrons. The Kier molecular flexibility index (Phi) is 7.28. The molecule has 33 heavy (non-hydrogen) atoms. The summed E-state index contributed by atoms with van der Waals surface area (Å²) >= 11 is 9.42. The second-order valence-electron chi connectivity index (χ2n) is 8.76. The number of fused-ring (bicyclic) bond motifs is 1. The normalized spacial score (nSPS) is 23.1. The second-order valence-corrected chi connectivity index (χ2v) is 10.1. The van der Waals surface area contributed by atoms with Crippen molar-refractivity contribution in [1.29, 1.82) is 0 Å². The number of urea groups is 1. The number of nitrogens with one attached hydrogen (secondary N) is 2. The highest BCUT2D eigenvalue weighted by Crippen LogP contribution is 2.41. The SMILES string of the molecule is C[C@H]1CCCN(CCCNC(=O)[C@@]2(O)c3cc(Br)ccc3NC(=O)N2c2ccc(Cl)cc2)C1. The van der Waals surface area contributed by atoms with Crippen LogP contribution in [0, 0.1) is 5.92 Å². The zero-order valence-corrected chi connectivity index (χ0v) is 20.8. The summed E-state index contributed by atoms with van der Waals surface area (Å²) in [4.78, 5) is 30.0. The molecule has 0 saturated carbocycles. The molecule has 2 atom stereocenters. The first-order valence-corrected chi connectivity index (χ1v) is 12.4. The summed E-state index contributed by atoms with van der Waals surface area (Å²) in [6, 6.07) is 10.9. The van der Waals surface area contributed by atoms with Gasteiger partial charge in [0.2, 0.25) is 0 Å². The second kappa shape index (κ2) is 10.0. The lowest BCUT2D eigenvalue weighted by Gasteiger charge is -2.42. The molecule has 3 N–H and O–H groups in total. The summed E-state index contributed by atoms with van der Waals surface area (Å²) < 4.78 is 0.680. The number of rotatable bonds is 6. The quantitative estimate of drug-likeness (QED) is 0.474. The van der Waals surface area contributed by atoms with Crippen LogP contribution in [0.1, 0.15) is 31.7 Å². The Morgan fingerprint density at radius 2 is 2.06 bits per heavy atom. The Bertz CT molecular complexity index is 1030. The van der Waals surface area contributed by atoms with Crippen molar-refractivity contribution in [3.05, 3.63) is 57.5 Å². The minimum absolute atomic E-state index is 0.286. The van der Waals surface area contributed by atoms with Gasteiger partial charge in [0.25, 0.3) is 11.6 Å². The average Bonchev–Trinajstić information content (AvgIpc) is 2.78. The first-order chi connectivity index (χ1) is 15.8. The van der Waals surface area contributed by atoms with Crippen molar-refractivity contribution < 1.29 is 14.7 Å². The molecule has 176 valence electrons. The van der Waals surface area contributed by atoms with Crippen molar-refractivity contribution >= 4 is 50.8 Å². The van der Waals surface area contributed by atoms with Crippen LogP contribution in [0.4, 0.5) is 16.2 Å². The van der Waals surface area contributed by atoms with E-state index in [1.165, 1.54) is 12.8 Å². The molecule has 2 aromatic carbocycles. The van der Waals surface area contributed by atoms with Gasteiger partial charge in [-0.05, 0) is 80.7 Å². The summed E-state index contributed by atoms with van der Waals surface area (Å²) in [6.45, 7) is 5.69. The number of likely N-dealkylation sites (tertiary alicyclic amines) is 1. The third-order valence-corrected chi connectivity index (χ3v) is 6.95. The molecule has 0 unspecified atom stereocenters. The van der Waals surface area contributed by atoms with Crippen LogP contribution in [0.15, 0.2) is 46.9 Å². The van der Waals surface area contributed by atoms with Crippen LogP contribution in [0.2, 0.25) is 5.02 Å². The average molecular weight is 536 g/mol.